The van der Waals surface area contributed by atoms with Gasteiger partial charge in [-0.3, -0.25) is 9.69 Å². The number of ether oxygens (including phenoxy) is 1. The van der Waals surface area contributed by atoms with E-state index in [2.05, 4.69) is 15.8 Å². The molecule has 0 saturated heterocycles. The largest absolute Gasteiger partial charge is 0.389 e. The quantitative estimate of drug-likeness (QED) is 0.498. The first kappa shape index (κ1) is 21.5. The van der Waals surface area contributed by atoms with Gasteiger partial charge in [0.2, 0.25) is 0 Å². The van der Waals surface area contributed by atoms with Crippen LogP contribution in [0.15, 0.2) is 4.79 Å². The van der Waals surface area contributed by atoms with Gasteiger partial charge in [-0.05, 0) is 44.1 Å². The predicted molar refractivity (Wildman–Crippen MR) is 120 cm³/mol. The van der Waals surface area contributed by atoms with Gasteiger partial charge < -0.3 is 14.8 Å². The first-order chi connectivity index (χ1) is 14.7. The smallest absolute Gasteiger partial charge is 0.259 e. The van der Waals surface area contributed by atoms with Crippen molar-refractivity contribution in [2.75, 3.05) is 19.8 Å². The number of hydrogen-bond acceptors (Lipinski definition) is 6. The minimum absolute atomic E-state index is 0.0177. The number of aliphatic hydroxyl groups excluding tert-OH is 1. The Kier molecular flexibility index (Phi) is 7.21. The number of aryl methyl sites for hydroxylation is 2. The van der Waals surface area contributed by atoms with Crippen LogP contribution in [0, 0.1) is 12.3 Å². The molecule has 0 radical (unpaired) electrons. The molecule has 30 heavy (non-hydrogen) atoms. The minimum atomic E-state index is -0.621. The zero-order chi connectivity index (χ0) is 20.9. The molecule has 7 heteroatoms. The second-order valence-electron chi connectivity index (χ2n) is 8.50. The molecule has 162 valence electrons. The lowest BCUT2D eigenvalue weighted by Crippen LogP contribution is -2.43. The maximum atomic E-state index is 12.9. The van der Waals surface area contributed by atoms with E-state index in [0.29, 0.717) is 25.0 Å². The van der Waals surface area contributed by atoms with Crippen LogP contribution in [-0.4, -0.2) is 51.9 Å². The van der Waals surface area contributed by atoms with E-state index < -0.39 is 6.10 Å². The molecule has 2 aliphatic carbocycles. The number of fused-ring (bicyclic) bond motifs is 3. The van der Waals surface area contributed by atoms with Crippen LogP contribution in [-0.2, 0) is 24.1 Å². The molecular formula is C23H31N3O3S. The van der Waals surface area contributed by atoms with E-state index in [-0.39, 0.29) is 18.8 Å². The third-order valence-corrected chi connectivity index (χ3v) is 7.44. The standard InChI is InChI=1S/C23H31N3O3S/c1-2-12-29-15-17(27)13-26(16-8-4-3-5-9-16)14-20-24-22(28)21-18-10-6-7-11-19(18)30-23(21)25-20/h1,16-17,27H,3-15H2,(H,24,25,28)/t17-/m1/s1. The number of H-pyrrole nitrogens is 1. The van der Waals surface area contributed by atoms with Gasteiger partial charge in [0, 0.05) is 17.5 Å². The molecule has 0 unspecified atom stereocenters. The Balaban J connectivity index is 1.54. The number of nitrogens with zero attached hydrogens (tertiary/aromatic N) is 2. The van der Waals surface area contributed by atoms with Crippen molar-refractivity contribution in [3.63, 3.8) is 0 Å². The van der Waals surface area contributed by atoms with Gasteiger partial charge in [0.25, 0.3) is 5.56 Å². The molecule has 6 nitrogen and oxygen atoms in total. The molecule has 2 N–H and O–H groups in total. The van der Waals surface area contributed by atoms with E-state index in [1.807, 2.05) is 0 Å². The van der Waals surface area contributed by atoms with Crippen LogP contribution >= 0.6 is 11.3 Å². The van der Waals surface area contributed by atoms with Crippen molar-refractivity contribution in [1.29, 1.82) is 0 Å². The van der Waals surface area contributed by atoms with Crippen molar-refractivity contribution in [2.24, 2.45) is 0 Å². The first-order valence-corrected chi connectivity index (χ1v) is 11.9. The first-order valence-electron chi connectivity index (χ1n) is 11.1. The van der Waals surface area contributed by atoms with Crippen molar-refractivity contribution in [2.45, 2.75) is 76.5 Å². The van der Waals surface area contributed by atoms with Crippen molar-refractivity contribution in [3.8, 4) is 12.3 Å². The molecule has 0 bridgehead atoms. The van der Waals surface area contributed by atoms with Crippen molar-refractivity contribution in [1.82, 2.24) is 14.9 Å². The number of rotatable bonds is 8. The second kappa shape index (κ2) is 10.1. The summed E-state index contributed by atoms with van der Waals surface area (Å²) in [6.45, 7) is 1.44. The summed E-state index contributed by atoms with van der Waals surface area (Å²) in [6, 6.07) is 0.388. The van der Waals surface area contributed by atoms with Gasteiger partial charge in [0.15, 0.2) is 0 Å². The van der Waals surface area contributed by atoms with E-state index in [9.17, 15) is 9.90 Å². The van der Waals surface area contributed by atoms with Crippen LogP contribution in [0.25, 0.3) is 10.2 Å². The molecule has 2 heterocycles. The lowest BCUT2D eigenvalue weighted by Gasteiger charge is -2.35. The molecule has 1 atom stereocenters. The fourth-order valence-electron chi connectivity index (χ4n) is 4.84. The molecule has 0 spiro atoms. The van der Waals surface area contributed by atoms with Crippen molar-refractivity contribution in [3.05, 3.63) is 26.6 Å². The zero-order valence-corrected chi connectivity index (χ0v) is 18.3. The molecular weight excluding hydrogens is 398 g/mol. The summed E-state index contributed by atoms with van der Waals surface area (Å²) in [6.07, 6.45) is 14.9. The highest BCUT2D eigenvalue weighted by Crippen LogP contribution is 2.33. The SMILES string of the molecule is C#CCOC[C@H](O)CN(Cc1nc2sc3c(c2c(=O)[nH]1)CCCC3)C1CCCCC1. The highest BCUT2D eigenvalue weighted by Gasteiger charge is 2.25. The molecule has 2 aromatic rings. The Morgan fingerprint density at radius 1 is 1.27 bits per heavy atom. The zero-order valence-electron chi connectivity index (χ0n) is 17.5. The summed E-state index contributed by atoms with van der Waals surface area (Å²) in [4.78, 5) is 25.2. The summed E-state index contributed by atoms with van der Waals surface area (Å²) >= 11 is 1.68. The third kappa shape index (κ3) is 4.94. The van der Waals surface area contributed by atoms with Gasteiger partial charge in [0.05, 0.1) is 24.6 Å². The summed E-state index contributed by atoms with van der Waals surface area (Å²) < 4.78 is 5.32. The Hall–Kier alpha value is -1.72. The Bertz CT molecular complexity index is 955. The number of terminal acetylenes is 1. The maximum Gasteiger partial charge on any atom is 0.259 e. The molecule has 0 aliphatic heterocycles. The normalized spacial score (nSPS) is 18.4. The monoisotopic (exact) mass is 429 g/mol. The highest BCUT2D eigenvalue weighted by molar-refractivity contribution is 7.18. The maximum absolute atomic E-state index is 12.9. The molecule has 4 rings (SSSR count). The predicted octanol–water partition coefficient (Wildman–Crippen LogP) is 3.01. The van der Waals surface area contributed by atoms with Crippen LogP contribution < -0.4 is 5.56 Å². The van der Waals surface area contributed by atoms with Crippen LogP contribution in [0.3, 0.4) is 0 Å². The topological polar surface area (TPSA) is 78.5 Å². The summed E-state index contributed by atoms with van der Waals surface area (Å²) in [5, 5.41) is 11.3. The van der Waals surface area contributed by atoms with Crippen LogP contribution in [0.1, 0.15) is 61.2 Å². The summed E-state index contributed by atoms with van der Waals surface area (Å²) in [5.74, 6) is 3.12. The molecule has 1 saturated carbocycles. The van der Waals surface area contributed by atoms with Gasteiger partial charge in [0.1, 0.15) is 17.3 Å². The van der Waals surface area contributed by atoms with Crippen LogP contribution in [0.5, 0.6) is 0 Å². The van der Waals surface area contributed by atoms with Gasteiger partial charge in [-0.15, -0.1) is 17.8 Å². The fraction of sp³-hybridized carbons (Fsp3) is 0.652. The molecule has 2 aliphatic rings. The number of hydrogen-bond donors (Lipinski definition) is 2. The molecule has 0 aromatic carbocycles. The van der Waals surface area contributed by atoms with Crippen LogP contribution in [0.2, 0.25) is 0 Å². The van der Waals surface area contributed by atoms with E-state index in [4.69, 9.17) is 16.1 Å². The van der Waals surface area contributed by atoms with Gasteiger partial charge in [-0.2, -0.15) is 0 Å². The lowest BCUT2D eigenvalue weighted by molar-refractivity contribution is 0.00995. The average Bonchev–Trinajstić information content (AvgIpc) is 3.13. The van der Waals surface area contributed by atoms with Crippen molar-refractivity contribution >= 4 is 21.6 Å². The van der Waals surface area contributed by atoms with E-state index in [1.54, 1.807) is 11.3 Å². The van der Waals surface area contributed by atoms with E-state index >= 15 is 0 Å². The fourth-order valence-corrected chi connectivity index (χ4v) is 6.12. The van der Waals surface area contributed by atoms with E-state index in [1.165, 1.54) is 36.1 Å². The average molecular weight is 430 g/mol. The number of aliphatic hydroxyl groups is 1. The summed E-state index contributed by atoms with van der Waals surface area (Å²) in [7, 11) is 0. The molecule has 1 fully saturated rings. The summed E-state index contributed by atoms with van der Waals surface area (Å²) in [5.41, 5.74) is 1.20. The molecule has 0 amide bonds. The third-order valence-electron chi connectivity index (χ3n) is 6.26. The Labute approximate surface area is 181 Å². The lowest BCUT2D eigenvalue weighted by atomic mass is 9.94. The number of aromatic nitrogens is 2. The van der Waals surface area contributed by atoms with Gasteiger partial charge in [-0.1, -0.05) is 25.2 Å². The number of nitrogens with one attached hydrogen (secondary N) is 1. The van der Waals surface area contributed by atoms with Crippen LogP contribution in [0.4, 0.5) is 0 Å². The Morgan fingerprint density at radius 2 is 2.07 bits per heavy atom. The van der Waals surface area contributed by atoms with Gasteiger partial charge in [-0.25, -0.2) is 4.98 Å². The Morgan fingerprint density at radius 3 is 2.87 bits per heavy atom. The van der Waals surface area contributed by atoms with Crippen molar-refractivity contribution < 1.29 is 9.84 Å². The molecule has 2 aromatic heterocycles. The highest BCUT2D eigenvalue weighted by atomic mass is 32.1. The van der Waals surface area contributed by atoms with E-state index in [0.717, 1.165) is 42.3 Å². The number of thiophene rings is 1. The van der Waals surface area contributed by atoms with Gasteiger partial charge >= 0.3 is 0 Å². The second-order valence-corrected chi connectivity index (χ2v) is 9.58. The minimum Gasteiger partial charge on any atom is -0.389 e. The number of aromatic amines is 1.